The summed E-state index contributed by atoms with van der Waals surface area (Å²) in [6.45, 7) is 1.76. The molecular formula is C22H22N8O. The van der Waals surface area contributed by atoms with Crippen LogP contribution in [0.25, 0.3) is 11.0 Å². The van der Waals surface area contributed by atoms with E-state index in [2.05, 4.69) is 40.0 Å². The number of hydrogen-bond acceptors (Lipinski definition) is 7. The Balaban J connectivity index is 1.26. The van der Waals surface area contributed by atoms with Gasteiger partial charge in [-0.2, -0.15) is 0 Å². The fourth-order valence-corrected chi connectivity index (χ4v) is 3.92. The Morgan fingerprint density at radius 2 is 2.13 bits per heavy atom. The number of pyridine rings is 2. The number of amides is 1. The van der Waals surface area contributed by atoms with Gasteiger partial charge in [-0.3, -0.25) is 9.78 Å². The van der Waals surface area contributed by atoms with Crippen molar-refractivity contribution in [3.05, 3.63) is 67.0 Å². The van der Waals surface area contributed by atoms with E-state index >= 15 is 0 Å². The van der Waals surface area contributed by atoms with Gasteiger partial charge in [-0.25, -0.2) is 15.0 Å². The molecule has 9 heteroatoms. The van der Waals surface area contributed by atoms with Crippen LogP contribution >= 0.6 is 0 Å². The number of carbonyl (C=O) groups is 1. The van der Waals surface area contributed by atoms with E-state index in [1.807, 2.05) is 25.4 Å². The summed E-state index contributed by atoms with van der Waals surface area (Å²) >= 11 is 0. The minimum Gasteiger partial charge on any atom is -0.355 e. The zero-order chi connectivity index (χ0) is 21.2. The van der Waals surface area contributed by atoms with Crippen LogP contribution in [0.15, 0.2) is 61.4 Å². The second-order valence-electron chi connectivity index (χ2n) is 7.54. The Hall–Kier alpha value is -4.01. The lowest BCUT2D eigenvalue weighted by molar-refractivity contribution is 0.102. The first-order chi connectivity index (χ1) is 15.2. The van der Waals surface area contributed by atoms with Gasteiger partial charge in [-0.1, -0.05) is 0 Å². The molecule has 31 heavy (non-hydrogen) atoms. The first-order valence-electron chi connectivity index (χ1n) is 10.1. The molecule has 2 N–H and O–H groups in total. The number of anilines is 3. The number of hydrogen-bond donors (Lipinski definition) is 2. The van der Waals surface area contributed by atoms with Gasteiger partial charge < -0.3 is 20.1 Å². The minimum atomic E-state index is -0.207. The molecule has 1 aliphatic heterocycles. The van der Waals surface area contributed by atoms with Crippen molar-refractivity contribution in [2.24, 2.45) is 0 Å². The Bertz CT molecular complexity index is 1190. The monoisotopic (exact) mass is 414 g/mol. The largest absolute Gasteiger partial charge is 0.355 e. The van der Waals surface area contributed by atoms with E-state index in [4.69, 9.17) is 0 Å². The van der Waals surface area contributed by atoms with Crippen LogP contribution in [0, 0.1) is 0 Å². The highest BCUT2D eigenvalue weighted by atomic mass is 16.1. The third-order valence-electron chi connectivity index (χ3n) is 5.63. The van der Waals surface area contributed by atoms with Crippen molar-refractivity contribution in [1.82, 2.24) is 24.9 Å². The van der Waals surface area contributed by atoms with E-state index in [0.717, 1.165) is 42.2 Å². The van der Waals surface area contributed by atoms with E-state index in [1.54, 1.807) is 43.1 Å². The molecule has 4 aromatic heterocycles. The lowest BCUT2D eigenvalue weighted by Crippen LogP contribution is -2.35. The summed E-state index contributed by atoms with van der Waals surface area (Å²) in [4.78, 5) is 37.3. The van der Waals surface area contributed by atoms with Crippen LogP contribution in [0.2, 0.25) is 0 Å². The molecule has 0 bridgehead atoms. The van der Waals surface area contributed by atoms with Crippen LogP contribution in [-0.2, 0) is 0 Å². The number of rotatable bonds is 5. The predicted octanol–water partition coefficient (Wildman–Crippen LogP) is 2.72. The maximum absolute atomic E-state index is 12.4. The summed E-state index contributed by atoms with van der Waals surface area (Å²) in [7, 11) is 2.04. The molecule has 0 aromatic carbocycles. The van der Waals surface area contributed by atoms with Crippen molar-refractivity contribution in [2.45, 2.75) is 12.5 Å². The molecule has 5 heterocycles. The number of carbonyl (C=O) groups excluding carboxylic acids is 1. The average Bonchev–Trinajstić information content (AvgIpc) is 3.49. The average molecular weight is 414 g/mol. The molecular weight excluding hydrogens is 392 g/mol. The number of fused-ring (bicyclic) bond motifs is 1. The fraction of sp³-hybridized carbons (Fsp3) is 0.227. The molecule has 5 rings (SSSR count). The molecule has 0 radical (unpaired) electrons. The molecule has 4 aromatic rings. The van der Waals surface area contributed by atoms with Gasteiger partial charge in [0.25, 0.3) is 5.91 Å². The fourth-order valence-electron chi connectivity index (χ4n) is 3.92. The topological polar surface area (TPSA) is 103 Å². The van der Waals surface area contributed by atoms with Crippen molar-refractivity contribution in [1.29, 1.82) is 0 Å². The van der Waals surface area contributed by atoms with Gasteiger partial charge in [0.1, 0.15) is 23.6 Å². The van der Waals surface area contributed by atoms with E-state index in [-0.39, 0.29) is 5.91 Å². The summed E-state index contributed by atoms with van der Waals surface area (Å²) in [5.41, 5.74) is 2.01. The molecule has 0 spiro atoms. The van der Waals surface area contributed by atoms with E-state index < -0.39 is 0 Å². The molecule has 1 fully saturated rings. The van der Waals surface area contributed by atoms with Gasteiger partial charge in [0.2, 0.25) is 0 Å². The zero-order valence-electron chi connectivity index (χ0n) is 17.1. The zero-order valence-corrected chi connectivity index (χ0v) is 17.1. The van der Waals surface area contributed by atoms with E-state index in [0.29, 0.717) is 17.3 Å². The van der Waals surface area contributed by atoms with Crippen LogP contribution in [0.3, 0.4) is 0 Å². The summed E-state index contributed by atoms with van der Waals surface area (Å²) in [6.07, 6.45) is 9.37. The van der Waals surface area contributed by atoms with Gasteiger partial charge in [0.05, 0.1) is 22.8 Å². The minimum absolute atomic E-state index is 0.207. The number of aromatic nitrogens is 5. The van der Waals surface area contributed by atoms with Crippen molar-refractivity contribution in [3.8, 4) is 0 Å². The van der Waals surface area contributed by atoms with Crippen molar-refractivity contribution >= 4 is 34.3 Å². The number of aromatic amines is 1. The quantitative estimate of drug-likeness (QED) is 0.518. The smallest absolute Gasteiger partial charge is 0.257 e. The van der Waals surface area contributed by atoms with Crippen LogP contribution < -0.4 is 15.1 Å². The van der Waals surface area contributed by atoms with Crippen molar-refractivity contribution < 1.29 is 4.79 Å². The van der Waals surface area contributed by atoms with Gasteiger partial charge in [0.15, 0.2) is 0 Å². The molecule has 1 saturated heterocycles. The van der Waals surface area contributed by atoms with Crippen molar-refractivity contribution in [2.75, 3.05) is 35.3 Å². The number of likely N-dealkylation sites (N-methyl/N-ethyl adjacent to an activating group) is 1. The van der Waals surface area contributed by atoms with Gasteiger partial charge >= 0.3 is 0 Å². The van der Waals surface area contributed by atoms with Crippen molar-refractivity contribution in [3.63, 3.8) is 0 Å². The summed E-state index contributed by atoms with van der Waals surface area (Å²) in [5, 5.41) is 3.86. The normalized spacial score (nSPS) is 15.9. The van der Waals surface area contributed by atoms with Gasteiger partial charge in [-0.05, 0) is 36.8 Å². The second kappa shape index (κ2) is 8.02. The SMILES string of the molecule is CN(c1ccc(C(=O)Nc2cccnc2)cn1)[C@@H]1CCN(c2ncnc3[nH]ccc23)C1. The lowest BCUT2D eigenvalue weighted by Gasteiger charge is -2.26. The highest BCUT2D eigenvalue weighted by Gasteiger charge is 2.28. The van der Waals surface area contributed by atoms with Crippen LogP contribution in [0.5, 0.6) is 0 Å². The maximum Gasteiger partial charge on any atom is 0.257 e. The maximum atomic E-state index is 12.4. The highest BCUT2D eigenvalue weighted by molar-refractivity contribution is 6.04. The third kappa shape index (κ3) is 3.77. The molecule has 0 unspecified atom stereocenters. The first kappa shape index (κ1) is 19.0. The first-order valence-corrected chi connectivity index (χ1v) is 10.1. The molecule has 0 aliphatic carbocycles. The predicted molar refractivity (Wildman–Crippen MR) is 119 cm³/mol. The summed E-state index contributed by atoms with van der Waals surface area (Å²) < 4.78 is 0. The summed E-state index contributed by atoms with van der Waals surface area (Å²) in [5.74, 6) is 1.58. The van der Waals surface area contributed by atoms with Crippen LogP contribution in [0.1, 0.15) is 16.8 Å². The number of H-pyrrole nitrogens is 1. The lowest BCUT2D eigenvalue weighted by atomic mass is 10.2. The third-order valence-corrected chi connectivity index (χ3v) is 5.63. The molecule has 0 saturated carbocycles. The molecule has 9 nitrogen and oxygen atoms in total. The number of nitrogens with one attached hydrogen (secondary N) is 2. The van der Waals surface area contributed by atoms with Crippen LogP contribution in [-0.4, -0.2) is 57.0 Å². The van der Waals surface area contributed by atoms with E-state index in [1.165, 1.54) is 0 Å². The Morgan fingerprint density at radius 1 is 1.19 bits per heavy atom. The second-order valence-corrected chi connectivity index (χ2v) is 7.54. The molecule has 1 atom stereocenters. The Labute approximate surface area is 179 Å². The highest BCUT2D eigenvalue weighted by Crippen LogP contribution is 2.28. The van der Waals surface area contributed by atoms with Crippen LogP contribution in [0.4, 0.5) is 17.3 Å². The Kier molecular flexibility index (Phi) is 4.91. The van der Waals surface area contributed by atoms with Gasteiger partial charge in [0, 0.05) is 44.8 Å². The van der Waals surface area contributed by atoms with Gasteiger partial charge in [-0.15, -0.1) is 0 Å². The van der Waals surface area contributed by atoms with E-state index in [9.17, 15) is 4.79 Å². The Morgan fingerprint density at radius 3 is 2.94 bits per heavy atom. The molecule has 1 aliphatic rings. The number of nitrogens with zero attached hydrogens (tertiary/aromatic N) is 6. The molecule has 1 amide bonds. The molecule has 156 valence electrons. The summed E-state index contributed by atoms with van der Waals surface area (Å²) in [6, 6.07) is 9.57. The standard InChI is InChI=1S/C22H22N8O/c1-29(17-7-10-30(13-17)21-18-6-9-24-20(18)26-14-27-21)19-5-4-15(11-25-19)22(31)28-16-3-2-8-23-12-16/h2-6,8-9,11-12,14,17H,7,10,13H2,1H3,(H,28,31)(H,24,26,27)/t17-/m1/s1.